The summed E-state index contributed by atoms with van der Waals surface area (Å²) >= 11 is 3.39. The van der Waals surface area contributed by atoms with E-state index in [9.17, 15) is 4.79 Å². The molecule has 0 aromatic heterocycles. The Hall–Kier alpha value is -1.61. The number of hydrogen-bond acceptors (Lipinski definition) is 2. The van der Waals surface area contributed by atoms with Crippen molar-refractivity contribution in [1.29, 1.82) is 0 Å². The minimum atomic E-state index is 0.0882. The van der Waals surface area contributed by atoms with Gasteiger partial charge in [-0.05, 0) is 30.7 Å². The van der Waals surface area contributed by atoms with Gasteiger partial charge >= 0.3 is 0 Å². The number of carbonyl (C=O) groups is 1. The molecule has 0 atom stereocenters. The van der Waals surface area contributed by atoms with E-state index in [0.29, 0.717) is 24.3 Å². The SMILES string of the molecule is CCC(=O)c1cc(Br)ccc1OCc1ccc(C)cc1. The maximum Gasteiger partial charge on any atom is 0.166 e. The van der Waals surface area contributed by atoms with Crippen LogP contribution in [0.2, 0.25) is 0 Å². The van der Waals surface area contributed by atoms with Gasteiger partial charge in [-0.1, -0.05) is 52.7 Å². The Bertz CT molecular complexity index is 603. The summed E-state index contributed by atoms with van der Waals surface area (Å²) in [6.45, 7) is 4.37. The van der Waals surface area contributed by atoms with Crippen LogP contribution in [0.15, 0.2) is 46.9 Å². The standard InChI is InChI=1S/C17H17BrO2/c1-3-16(19)15-10-14(18)8-9-17(15)20-11-13-6-4-12(2)5-7-13/h4-10H,3,11H2,1-2H3. The molecular weight excluding hydrogens is 316 g/mol. The first-order valence-corrected chi connectivity index (χ1v) is 7.40. The molecule has 104 valence electrons. The first-order chi connectivity index (χ1) is 9.60. The summed E-state index contributed by atoms with van der Waals surface area (Å²) in [6.07, 6.45) is 0.470. The largest absolute Gasteiger partial charge is 0.488 e. The Labute approximate surface area is 127 Å². The minimum absolute atomic E-state index is 0.0882. The Morgan fingerprint density at radius 2 is 1.85 bits per heavy atom. The lowest BCUT2D eigenvalue weighted by molar-refractivity contribution is 0.0983. The highest BCUT2D eigenvalue weighted by atomic mass is 79.9. The molecule has 2 nitrogen and oxygen atoms in total. The molecule has 0 unspecified atom stereocenters. The maximum atomic E-state index is 11.9. The fraction of sp³-hybridized carbons (Fsp3) is 0.235. The molecule has 0 amide bonds. The molecule has 0 aliphatic carbocycles. The van der Waals surface area contributed by atoms with Gasteiger partial charge in [-0.25, -0.2) is 0 Å². The third kappa shape index (κ3) is 3.70. The van der Waals surface area contributed by atoms with E-state index in [1.807, 2.05) is 37.3 Å². The lowest BCUT2D eigenvalue weighted by Gasteiger charge is -2.11. The average molecular weight is 333 g/mol. The van der Waals surface area contributed by atoms with Gasteiger partial charge in [0.15, 0.2) is 5.78 Å². The molecule has 2 aromatic carbocycles. The van der Waals surface area contributed by atoms with Crippen LogP contribution in [0.3, 0.4) is 0 Å². The van der Waals surface area contributed by atoms with E-state index in [1.54, 1.807) is 0 Å². The van der Waals surface area contributed by atoms with Gasteiger partial charge in [0, 0.05) is 10.9 Å². The first-order valence-electron chi connectivity index (χ1n) is 6.61. The number of Topliss-reactive ketones (excluding diaryl/α,β-unsaturated/α-hetero) is 1. The van der Waals surface area contributed by atoms with E-state index >= 15 is 0 Å². The van der Waals surface area contributed by atoms with Gasteiger partial charge in [-0.15, -0.1) is 0 Å². The average Bonchev–Trinajstić information content (AvgIpc) is 2.46. The van der Waals surface area contributed by atoms with Crippen molar-refractivity contribution in [3.63, 3.8) is 0 Å². The number of carbonyl (C=O) groups excluding carboxylic acids is 1. The zero-order valence-corrected chi connectivity index (χ0v) is 13.2. The van der Waals surface area contributed by atoms with Crippen LogP contribution in [-0.2, 0) is 6.61 Å². The molecule has 20 heavy (non-hydrogen) atoms. The van der Waals surface area contributed by atoms with E-state index in [-0.39, 0.29) is 5.78 Å². The van der Waals surface area contributed by atoms with E-state index in [4.69, 9.17) is 4.74 Å². The smallest absolute Gasteiger partial charge is 0.166 e. The molecule has 0 aliphatic rings. The van der Waals surface area contributed by atoms with Crippen molar-refractivity contribution >= 4 is 21.7 Å². The monoisotopic (exact) mass is 332 g/mol. The van der Waals surface area contributed by atoms with Crippen molar-refractivity contribution < 1.29 is 9.53 Å². The molecule has 0 N–H and O–H groups in total. The van der Waals surface area contributed by atoms with Crippen molar-refractivity contribution in [3.8, 4) is 5.75 Å². The number of ketones is 1. The summed E-state index contributed by atoms with van der Waals surface area (Å²) in [7, 11) is 0. The predicted molar refractivity (Wildman–Crippen MR) is 84.3 cm³/mol. The lowest BCUT2D eigenvalue weighted by atomic mass is 10.1. The van der Waals surface area contributed by atoms with Crippen LogP contribution in [0, 0.1) is 6.92 Å². The first kappa shape index (κ1) is 14.8. The number of aryl methyl sites for hydroxylation is 1. The molecule has 0 saturated carbocycles. The van der Waals surface area contributed by atoms with Crippen LogP contribution < -0.4 is 4.74 Å². The molecule has 0 radical (unpaired) electrons. The Balaban J connectivity index is 2.16. The highest BCUT2D eigenvalue weighted by molar-refractivity contribution is 9.10. The minimum Gasteiger partial charge on any atom is -0.488 e. The topological polar surface area (TPSA) is 26.3 Å². The lowest BCUT2D eigenvalue weighted by Crippen LogP contribution is -2.03. The second-order valence-corrected chi connectivity index (χ2v) is 5.61. The van der Waals surface area contributed by atoms with Crippen LogP contribution >= 0.6 is 15.9 Å². The second kappa shape index (κ2) is 6.71. The third-order valence-corrected chi connectivity index (χ3v) is 3.57. The molecule has 2 aromatic rings. The Morgan fingerprint density at radius 1 is 1.15 bits per heavy atom. The van der Waals surface area contributed by atoms with Crippen LogP contribution in [0.5, 0.6) is 5.75 Å². The van der Waals surface area contributed by atoms with E-state index in [2.05, 4.69) is 35.0 Å². The van der Waals surface area contributed by atoms with E-state index in [0.717, 1.165) is 10.0 Å². The van der Waals surface area contributed by atoms with Crippen LogP contribution in [0.4, 0.5) is 0 Å². The molecule has 0 fully saturated rings. The van der Waals surface area contributed by atoms with Gasteiger partial charge in [-0.3, -0.25) is 4.79 Å². The number of halogens is 1. The molecular formula is C17H17BrO2. The fourth-order valence-electron chi connectivity index (χ4n) is 1.88. The summed E-state index contributed by atoms with van der Waals surface area (Å²) in [5.74, 6) is 0.728. The normalized spacial score (nSPS) is 10.3. The summed E-state index contributed by atoms with van der Waals surface area (Å²) in [4.78, 5) is 11.9. The number of hydrogen-bond donors (Lipinski definition) is 0. The van der Waals surface area contributed by atoms with Crippen molar-refractivity contribution in [2.24, 2.45) is 0 Å². The summed E-state index contributed by atoms with van der Waals surface area (Å²) in [6, 6.07) is 13.7. The summed E-state index contributed by atoms with van der Waals surface area (Å²) in [5.41, 5.74) is 2.95. The molecule has 0 heterocycles. The molecule has 0 aliphatic heterocycles. The van der Waals surface area contributed by atoms with E-state index < -0.39 is 0 Å². The van der Waals surface area contributed by atoms with Gasteiger partial charge in [0.25, 0.3) is 0 Å². The predicted octanol–water partition coefficient (Wildman–Crippen LogP) is 4.93. The van der Waals surface area contributed by atoms with Gasteiger partial charge in [0.2, 0.25) is 0 Å². The van der Waals surface area contributed by atoms with Crippen LogP contribution in [0.25, 0.3) is 0 Å². The fourth-order valence-corrected chi connectivity index (χ4v) is 2.24. The highest BCUT2D eigenvalue weighted by Crippen LogP contribution is 2.25. The molecule has 0 spiro atoms. The Morgan fingerprint density at radius 3 is 2.50 bits per heavy atom. The van der Waals surface area contributed by atoms with Crippen LogP contribution in [-0.4, -0.2) is 5.78 Å². The molecule has 0 bridgehead atoms. The van der Waals surface area contributed by atoms with Crippen molar-refractivity contribution in [1.82, 2.24) is 0 Å². The van der Waals surface area contributed by atoms with Gasteiger partial charge in [-0.2, -0.15) is 0 Å². The highest BCUT2D eigenvalue weighted by Gasteiger charge is 2.11. The second-order valence-electron chi connectivity index (χ2n) is 4.69. The zero-order valence-electron chi connectivity index (χ0n) is 11.7. The summed E-state index contributed by atoms with van der Waals surface area (Å²) in [5, 5.41) is 0. The number of ether oxygens (including phenoxy) is 1. The van der Waals surface area contributed by atoms with Crippen molar-refractivity contribution in [2.45, 2.75) is 26.9 Å². The third-order valence-electron chi connectivity index (χ3n) is 3.08. The van der Waals surface area contributed by atoms with Crippen LogP contribution in [0.1, 0.15) is 34.8 Å². The van der Waals surface area contributed by atoms with E-state index in [1.165, 1.54) is 5.56 Å². The number of benzene rings is 2. The quantitative estimate of drug-likeness (QED) is 0.725. The molecule has 2 rings (SSSR count). The number of rotatable bonds is 5. The van der Waals surface area contributed by atoms with Gasteiger partial charge in [0.1, 0.15) is 12.4 Å². The van der Waals surface area contributed by atoms with Crippen molar-refractivity contribution in [3.05, 3.63) is 63.6 Å². The van der Waals surface area contributed by atoms with Gasteiger partial charge in [0.05, 0.1) is 5.56 Å². The van der Waals surface area contributed by atoms with Gasteiger partial charge < -0.3 is 4.74 Å². The zero-order chi connectivity index (χ0) is 14.5. The Kier molecular flexibility index (Phi) is 4.96. The maximum absolute atomic E-state index is 11.9. The van der Waals surface area contributed by atoms with Crippen molar-refractivity contribution in [2.75, 3.05) is 0 Å². The molecule has 3 heteroatoms. The summed E-state index contributed by atoms with van der Waals surface area (Å²) < 4.78 is 6.69. The molecule has 0 saturated heterocycles.